The predicted molar refractivity (Wildman–Crippen MR) is 63.7 cm³/mol. The fourth-order valence-corrected chi connectivity index (χ4v) is 1.33. The molecule has 1 atom stereocenters. The first-order valence-electron chi connectivity index (χ1n) is 5.29. The SMILES string of the molecule is CC(N)CCNC(=O)c1ccccc1[N+](=O)[O-]. The van der Waals surface area contributed by atoms with Crippen molar-refractivity contribution in [1.82, 2.24) is 5.32 Å². The molecule has 1 aromatic carbocycles. The zero-order valence-corrected chi connectivity index (χ0v) is 9.55. The molecule has 0 aliphatic carbocycles. The molecule has 0 aliphatic heterocycles. The largest absolute Gasteiger partial charge is 0.352 e. The summed E-state index contributed by atoms with van der Waals surface area (Å²) in [6, 6.07) is 5.84. The summed E-state index contributed by atoms with van der Waals surface area (Å²) in [4.78, 5) is 21.8. The van der Waals surface area contributed by atoms with Gasteiger partial charge in [0, 0.05) is 18.7 Å². The minimum atomic E-state index is -0.569. The summed E-state index contributed by atoms with van der Waals surface area (Å²) in [5.74, 6) is -0.446. The molecule has 0 saturated carbocycles. The summed E-state index contributed by atoms with van der Waals surface area (Å²) in [6.07, 6.45) is 0.631. The second-order valence-electron chi connectivity index (χ2n) is 3.80. The molecule has 1 amide bonds. The number of hydrogen-bond donors (Lipinski definition) is 2. The molecule has 1 aromatic rings. The highest BCUT2D eigenvalue weighted by Gasteiger charge is 2.18. The molecule has 0 bridgehead atoms. The summed E-state index contributed by atoms with van der Waals surface area (Å²) in [7, 11) is 0. The van der Waals surface area contributed by atoms with E-state index in [1.807, 2.05) is 6.92 Å². The summed E-state index contributed by atoms with van der Waals surface area (Å²) in [5, 5.41) is 13.3. The van der Waals surface area contributed by atoms with Crippen LogP contribution in [0.5, 0.6) is 0 Å². The summed E-state index contributed by atoms with van der Waals surface area (Å²) in [5.41, 5.74) is 5.42. The number of nitro groups is 1. The molecule has 0 aromatic heterocycles. The molecule has 0 fully saturated rings. The van der Waals surface area contributed by atoms with Crippen molar-refractivity contribution in [3.63, 3.8) is 0 Å². The third kappa shape index (κ3) is 3.84. The minimum absolute atomic E-state index is 0.0129. The van der Waals surface area contributed by atoms with Crippen LogP contribution in [0.15, 0.2) is 24.3 Å². The van der Waals surface area contributed by atoms with Crippen molar-refractivity contribution >= 4 is 11.6 Å². The Hall–Kier alpha value is -1.95. The number of carbonyl (C=O) groups is 1. The van der Waals surface area contributed by atoms with Crippen LogP contribution in [0.2, 0.25) is 0 Å². The van der Waals surface area contributed by atoms with Gasteiger partial charge in [0.2, 0.25) is 0 Å². The fraction of sp³-hybridized carbons (Fsp3) is 0.364. The molecule has 0 heterocycles. The molecule has 1 rings (SSSR count). The van der Waals surface area contributed by atoms with Crippen LogP contribution in [-0.2, 0) is 0 Å². The molecule has 0 radical (unpaired) electrons. The second kappa shape index (κ2) is 5.95. The lowest BCUT2D eigenvalue weighted by Crippen LogP contribution is -2.29. The summed E-state index contributed by atoms with van der Waals surface area (Å²) >= 11 is 0. The molecule has 1 unspecified atom stereocenters. The topological polar surface area (TPSA) is 98.3 Å². The van der Waals surface area contributed by atoms with Gasteiger partial charge in [-0.25, -0.2) is 0 Å². The lowest BCUT2D eigenvalue weighted by molar-refractivity contribution is -0.385. The average Bonchev–Trinajstić information content (AvgIpc) is 2.28. The number of nitrogens with two attached hydrogens (primary N) is 1. The molecule has 0 aliphatic rings. The highest BCUT2D eigenvalue weighted by molar-refractivity contribution is 5.98. The lowest BCUT2D eigenvalue weighted by atomic mass is 10.1. The molecular weight excluding hydrogens is 222 g/mol. The van der Waals surface area contributed by atoms with Gasteiger partial charge in [0.25, 0.3) is 11.6 Å². The van der Waals surface area contributed by atoms with Crippen molar-refractivity contribution in [3.05, 3.63) is 39.9 Å². The molecule has 6 nitrogen and oxygen atoms in total. The van der Waals surface area contributed by atoms with Crippen LogP contribution in [0.4, 0.5) is 5.69 Å². The highest BCUT2D eigenvalue weighted by atomic mass is 16.6. The Labute approximate surface area is 99.0 Å². The molecule has 0 saturated heterocycles. The molecule has 6 heteroatoms. The number of nitrogens with one attached hydrogen (secondary N) is 1. The van der Waals surface area contributed by atoms with Crippen molar-refractivity contribution in [2.24, 2.45) is 5.73 Å². The van der Waals surface area contributed by atoms with Crippen molar-refractivity contribution in [2.75, 3.05) is 6.54 Å². The van der Waals surface area contributed by atoms with E-state index in [1.54, 1.807) is 6.07 Å². The van der Waals surface area contributed by atoms with E-state index in [9.17, 15) is 14.9 Å². The summed E-state index contributed by atoms with van der Waals surface area (Å²) in [6.45, 7) is 2.24. The van der Waals surface area contributed by atoms with Gasteiger partial charge in [-0.05, 0) is 19.4 Å². The van der Waals surface area contributed by atoms with Crippen molar-refractivity contribution in [1.29, 1.82) is 0 Å². The number of carbonyl (C=O) groups excluding carboxylic acids is 1. The van der Waals surface area contributed by atoms with E-state index < -0.39 is 10.8 Å². The van der Waals surface area contributed by atoms with E-state index in [2.05, 4.69) is 5.32 Å². The smallest absolute Gasteiger partial charge is 0.282 e. The van der Waals surface area contributed by atoms with Gasteiger partial charge in [0.1, 0.15) is 5.56 Å². The quantitative estimate of drug-likeness (QED) is 0.591. The van der Waals surface area contributed by atoms with Gasteiger partial charge in [0.05, 0.1) is 4.92 Å². The van der Waals surface area contributed by atoms with Crippen LogP contribution in [-0.4, -0.2) is 23.4 Å². The Bertz CT molecular complexity index is 418. The third-order valence-corrected chi connectivity index (χ3v) is 2.23. The maximum atomic E-state index is 11.7. The number of nitro benzene ring substituents is 1. The van der Waals surface area contributed by atoms with E-state index >= 15 is 0 Å². The van der Waals surface area contributed by atoms with Crippen LogP contribution in [0.1, 0.15) is 23.7 Å². The lowest BCUT2D eigenvalue weighted by Gasteiger charge is -2.07. The Kier molecular flexibility index (Phi) is 4.59. The number of amides is 1. The first-order chi connectivity index (χ1) is 8.02. The number of rotatable bonds is 5. The first-order valence-corrected chi connectivity index (χ1v) is 5.29. The van der Waals surface area contributed by atoms with Crippen LogP contribution in [0, 0.1) is 10.1 Å². The van der Waals surface area contributed by atoms with Gasteiger partial charge in [-0.15, -0.1) is 0 Å². The minimum Gasteiger partial charge on any atom is -0.352 e. The van der Waals surface area contributed by atoms with Crippen LogP contribution in [0.25, 0.3) is 0 Å². The zero-order valence-electron chi connectivity index (χ0n) is 9.55. The van der Waals surface area contributed by atoms with E-state index in [-0.39, 0.29) is 17.3 Å². The third-order valence-electron chi connectivity index (χ3n) is 2.23. The molecule has 0 spiro atoms. The van der Waals surface area contributed by atoms with Gasteiger partial charge in [-0.2, -0.15) is 0 Å². The number of hydrogen-bond acceptors (Lipinski definition) is 4. The zero-order chi connectivity index (χ0) is 12.8. The Morgan fingerprint density at radius 1 is 1.53 bits per heavy atom. The highest BCUT2D eigenvalue weighted by Crippen LogP contribution is 2.17. The van der Waals surface area contributed by atoms with Crippen LogP contribution in [0.3, 0.4) is 0 Å². The Balaban J connectivity index is 2.72. The normalized spacial score (nSPS) is 11.9. The van der Waals surface area contributed by atoms with E-state index in [4.69, 9.17) is 5.73 Å². The van der Waals surface area contributed by atoms with Crippen LogP contribution < -0.4 is 11.1 Å². The average molecular weight is 237 g/mol. The standard InChI is InChI=1S/C11H15N3O3/c1-8(12)6-7-13-11(15)9-4-2-3-5-10(9)14(16)17/h2-5,8H,6-7,12H2,1H3,(H,13,15). The Morgan fingerprint density at radius 3 is 2.76 bits per heavy atom. The second-order valence-corrected chi connectivity index (χ2v) is 3.80. The van der Waals surface area contributed by atoms with Crippen molar-refractivity contribution in [3.8, 4) is 0 Å². The van der Waals surface area contributed by atoms with E-state index in [0.717, 1.165) is 0 Å². The molecular formula is C11H15N3O3. The van der Waals surface area contributed by atoms with Crippen molar-refractivity contribution < 1.29 is 9.72 Å². The predicted octanol–water partition coefficient (Wildman–Crippen LogP) is 1.06. The van der Waals surface area contributed by atoms with Crippen molar-refractivity contribution in [2.45, 2.75) is 19.4 Å². The molecule has 92 valence electrons. The van der Waals surface area contributed by atoms with Gasteiger partial charge < -0.3 is 11.1 Å². The summed E-state index contributed by atoms with van der Waals surface area (Å²) < 4.78 is 0. The Morgan fingerprint density at radius 2 is 2.18 bits per heavy atom. The van der Waals surface area contributed by atoms with Gasteiger partial charge >= 0.3 is 0 Å². The first kappa shape index (κ1) is 13.1. The van der Waals surface area contributed by atoms with E-state index in [0.29, 0.717) is 13.0 Å². The fourth-order valence-electron chi connectivity index (χ4n) is 1.33. The maximum absolute atomic E-state index is 11.7. The monoisotopic (exact) mass is 237 g/mol. The number of benzene rings is 1. The maximum Gasteiger partial charge on any atom is 0.282 e. The number of para-hydroxylation sites is 1. The van der Waals surface area contributed by atoms with Crippen LogP contribution >= 0.6 is 0 Å². The molecule has 17 heavy (non-hydrogen) atoms. The molecule has 3 N–H and O–H groups in total. The number of nitrogens with zero attached hydrogens (tertiary/aromatic N) is 1. The van der Waals surface area contributed by atoms with Gasteiger partial charge in [0.15, 0.2) is 0 Å². The van der Waals surface area contributed by atoms with Gasteiger partial charge in [-0.3, -0.25) is 14.9 Å². The van der Waals surface area contributed by atoms with Gasteiger partial charge in [-0.1, -0.05) is 12.1 Å². The van der Waals surface area contributed by atoms with E-state index in [1.165, 1.54) is 18.2 Å².